The Morgan fingerprint density at radius 2 is 2.08 bits per heavy atom. The summed E-state index contributed by atoms with van der Waals surface area (Å²) in [6.45, 7) is 5.00. The number of pyridine rings is 1. The third-order valence-electron chi connectivity index (χ3n) is 5.15. The molecule has 0 saturated heterocycles. The Kier molecular flexibility index (Phi) is 3.59. The van der Waals surface area contributed by atoms with Crippen LogP contribution in [0, 0.1) is 24.0 Å². The molecule has 2 aromatic heterocycles. The van der Waals surface area contributed by atoms with Crippen molar-refractivity contribution in [1.29, 1.82) is 0 Å². The maximum atomic E-state index is 13.0. The topological polar surface area (TPSA) is 81.3 Å². The van der Waals surface area contributed by atoms with Crippen LogP contribution in [0.25, 0.3) is 0 Å². The van der Waals surface area contributed by atoms with Crippen LogP contribution in [0.1, 0.15) is 51.9 Å². The summed E-state index contributed by atoms with van der Waals surface area (Å²) in [7, 11) is 0. The Hall–Kier alpha value is -2.70. The van der Waals surface area contributed by atoms with Gasteiger partial charge >= 0.3 is 0 Å². The number of carbonyl (C=O) groups excluding carboxylic acids is 1. The number of nitro groups is 1. The highest BCUT2D eigenvalue weighted by Crippen LogP contribution is 2.38. The first-order chi connectivity index (χ1) is 12.0. The van der Waals surface area contributed by atoms with Gasteiger partial charge in [-0.2, -0.15) is 0 Å². The highest BCUT2D eigenvalue weighted by atomic mass is 16.6. The van der Waals surface area contributed by atoms with Gasteiger partial charge in [-0.3, -0.25) is 19.9 Å². The summed E-state index contributed by atoms with van der Waals surface area (Å²) < 4.78 is 2.26. The number of rotatable bonds is 3. The van der Waals surface area contributed by atoms with E-state index in [9.17, 15) is 14.9 Å². The zero-order valence-corrected chi connectivity index (χ0v) is 14.4. The van der Waals surface area contributed by atoms with Crippen LogP contribution in [0.5, 0.6) is 0 Å². The number of aryl methyl sites for hydroxylation is 1. The van der Waals surface area contributed by atoms with Gasteiger partial charge in [0.1, 0.15) is 6.20 Å². The van der Waals surface area contributed by atoms with Crippen molar-refractivity contribution in [3.05, 3.63) is 56.7 Å². The third-order valence-corrected chi connectivity index (χ3v) is 5.15. The van der Waals surface area contributed by atoms with Gasteiger partial charge in [-0.15, -0.1) is 0 Å². The maximum Gasteiger partial charge on any atom is 0.287 e. The molecule has 7 nitrogen and oxygen atoms in total. The van der Waals surface area contributed by atoms with Crippen LogP contribution in [-0.2, 0) is 13.0 Å². The molecule has 25 heavy (non-hydrogen) atoms. The van der Waals surface area contributed by atoms with E-state index in [1.165, 1.54) is 25.1 Å². The summed E-state index contributed by atoms with van der Waals surface area (Å²) in [5.41, 5.74) is 4.47. The Labute approximate surface area is 145 Å². The van der Waals surface area contributed by atoms with Crippen LogP contribution < -0.4 is 0 Å². The number of amides is 1. The molecule has 3 heterocycles. The highest BCUT2D eigenvalue weighted by Gasteiger charge is 2.31. The van der Waals surface area contributed by atoms with Crippen LogP contribution in [0.15, 0.2) is 18.3 Å². The minimum atomic E-state index is -0.447. The number of aromatic nitrogens is 2. The molecule has 0 atom stereocenters. The fourth-order valence-corrected chi connectivity index (χ4v) is 3.75. The van der Waals surface area contributed by atoms with Crippen LogP contribution in [0.2, 0.25) is 0 Å². The SMILES string of the molecule is Cc1cc(C(=O)N2CCc3ncc([N+](=O)[O-])cc3C2)c(C)n1C1CC1. The average molecular weight is 340 g/mol. The standard InChI is InChI=1S/C18H20N4O3/c1-11-7-16(12(2)21(11)14-3-4-14)18(23)20-6-5-17-13(10-20)8-15(9-19-17)22(24)25/h7-9,14H,3-6,10H2,1-2H3. The minimum absolute atomic E-state index is 0.00263. The first-order valence-corrected chi connectivity index (χ1v) is 8.55. The van der Waals surface area contributed by atoms with Crippen molar-refractivity contribution in [3.63, 3.8) is 0 Å². The van der Waals surface area contributed by atoms with Crippen LogP contribution in [-0.4, -0.2) is 31.8 Å². The molecule has 0 bridgehead atoms. The molecule has 0 radical (unpaired) electrons. The van der Waals surface area contributed by atoms with Crippen molar-refractivity contribution in [2.24, 2.45) is 0 Å². The van der Waals surface area contributed by atoms with E-state index in [0.29, 0.717) is 25.6 Å². The van der Waals surface area contributed by atoms with E-state index in [-0.39, 0.29) is 11.6 Å². The Balaban J connectivity index is 1.61. The largest absolute Gasteiger partial charge is 0.345 e. The fraction of sp³-hybridized carbons (Fsp3) is 0.444. The van der Waals surface area contributed by atoms with Gasteiger partial charge in [-0.05, 0) is 38.3 Å². The Morgan fingerprint density at radius 1 is 1.32 bits per heavy atom. The minimum Gasteiger partial charge on any atom is -0.345 e. The zero-order valence-electron chi connectivity index (χ0n) is 14.4. The quantitative estimate of drug-likeness (QED) is 0.635. The van der Waals surface area contributed by atoms with Crippen molar-refractivity contribution >= 4 is 11.6 Å². The maximum absolute atomic E-state index is 13.0. The van der Waals surface area contributed by atoms with Gasteiger partial charge in [-0.1, -0.05) is 0 Å². The molecule has 2 aliphatic rings. The molecular formula is C18H20N4O3. The molecule has 1 aliphatic heterocycles. The second-order valence-electron chi connectivity index (χ2n) is 6.92. The number of nitrogens with zero attached hydrogens (tertiary/aromatic N) is 4. The molecular weight excluding hydrogens is 320 g/mol. The molecule has 0 spiro atoms. The lowest BCUT2D eigenvalue weighted by Gasteiger charge is -2.28. The van der Waals surface area contributed by atoms with E-state index in [4.69, 9.17) is 0 Å². The summed E-state index contributed by atoms with van der Waals surface area (Å²) in [6, 6.07) is 4.04. The first-order valence-electron chi connectivity index (χ1n) is 8.55. The van der Waals surface area contributed by atoms with Crippen LogP contribution >= 0.6 is 0 Å². The van der Waals surface area contributed by atoms with Crippen molar-refractivity contribution in [1.82, 2.24) is 14.5 Å². The predicted octanol–water partition coefficient (Wildman–Crippen LogP) is 2.94. The number of hydrogen-bond acceptors (Lipinski definition) is 4. The van der Waals surface area contributed by atoms with Gasteiger partial charge in [-0.25, -0.2) is 0 Å². The highest BCUT2D eigenvalue weighted by molar-refractivity contribution is 5.96. The Morgan fingerprint density at radius 3 is 2.76 bits per heavy atom. The second-order valence-corrected chi connectivity index (χ2v) is 6.92. The number of hydrogen-bond donors (Lipinski definition) is 0. The van der Waals surface area contributed by atoms with E-state index in [1.54, 1.807) is 4.90 Å². The molecule has 0 N–H and O–H groups in total. The van der Waals surface area contributed by atoms with Crippen molar-refractivity contribution in [3.8, 4) is 0 Å². The monoisotopic (exact) mass is 340 g/mol. The fourth-order valence-electron chi connectivity index (χ4n) is 3.75. The molecule has 1 fully saturated rings. The first kappa shape index (κ1) is 15.8. The van der Waals surface area contributed by atoms with Gasteiger partial charge < -0.3 is 9.47 Å². The van der Waals surface area contributed by atoms with E-state index in [0.717, 1.165) is 28.2 Å². The van der Waals surface area contributed by atoms with Gasteiger partial charge in [0.05, 0.1) is 10.5 Å². The van der Waals surface area contributed by atoms with Gasteiger partial charge in [0.2, 0.25) is 0 Å². The van der Waals surface area contributed by atoms with Crippen molar-refractivity contribution in [2.75, 3.05) is 6.54 Å². The van der Waals surface area contributed by atoms with Crippen molar-refractivity contribution < 1.29 is 9.72 Å². The summed E-state index contributed by atoms with van der Waals surface area (Å²) in [5.74, 6) is -0.00263. The van der Waals surface area contributed by atoms with Gasteiger partial charge in [0.15, 0.2) is 0 Å². The summed E-state index contributed by atoms with van der Waals surface area (Å²) in [4.78, 5) is 29.5. The molecule has 4 rings (SSSR count). The summed E-state index contributed by atoms with van der Waals surface area (Å²) >= 11 is 0. The second kappa shape index (κ2) is 5.68. The van der Waals surface area contributed by atoms with Gasteiger partial charge in [0, 0.05) is 48.7 Å². The molecule has 130 valence electrons. The molecule has 0 aromatic carbocycles. The molecule has 7 heteroatoms. The van der Waals surface area contributed by atoms with Crippen LogP contribution in [0.4, 0.5) is 5.69 Å². The molecule has 1 aliphatic carbocycles. The van der Waals surface area contributed by atoms with E-state index in [2.05, 4.69) is 9.55 Å². The zero-order chi connectivity index (χ0) is 17.7. The molecule has 1 saturated carbocycles. The summed E-state index contributed by atoms with van der Waals surface area (Å²) in [6.07, 6.45) is 4.27. The molecule has 0 unspecified atom stereocenters. The Bertz CT molecular complexity index is 883. The van der Waals surface area contributed by atoms with E-state index < -0.39 is 4.92 Å². The van der Waals surface area contributed by atoms with Crippen LogP contribution in [0.3, 0.4) is 0 Å². The normalized spacial score (nSPS) is 16.6. The number of fused-ring (bicyclic) bond motifs is 1. The van der Waals surface area contributed by atoms with Gasteiger partial charge in [0.25, 0.3) is 11.6 Å². The number of carbonyl (C=O) groups is 1. The smallest absolute Gasteiger partial charge is 0.287 e. The average Bonchev–Trinajstić information content (AvgIpc) is 3.38. The lowest BCUT2D eigenvalue weighted by Crippen LogP contribution is -2.36. The lowest BCUT2D eigenvalue weighted by atomic mass is 10.0. The molecule has 2 aromatic rings. The van der Waals surface area contributed by atoms with Crippen molar-refractivity contribution in [2.45, 2.75) is 45.7 Å². The third kappa shape index (κ3) is 2.69. The summed E-state index contributed by atoms with van der Waals surface area (Å²) in [5, 5.41) is 11.0. The van der Waals surface area contributed by atoms with E-state index >= 15 is 0 Å². The lowest BCUT2D eigenvalue weighted by molar-refractivity contribution is -0.385. The van der Waals surface area contributed by atoms with E-state index in [1.807, 2.05) is 19.9 Å². The predicted molar refractivity (Wildman–Crippen MR) is 91.5 cm³/mol. The molecule has 1 amide bonds.